The zero-order valence-electron chi connectivity index (χ0n) is 18.0. The molecular weight excluding hydrogens is 382 g/mol. The van der Waals surface area contributed by atoms with Crippen molar-refractivity contribution < 1.29 is 4.79 Å². The van der Waals surface area contributed by atoms with Gasteiger partial charge in [0.25, 0.3) is 0 Å². The van der Waals surface area contributed by atoms with E-state index < -0.39 is 10.0 Å². The van der Waals surface area contributed by atoms with Crippen molar-refractivity contribution in [2.45, 2.75) is 51.9 Å². The second-order valence-electron chi connectivity index (χ2n) is 7.87. The van der Waals surface area contributed by atoms with E-state index in [1.165, 1.54) is 5.56 Å². The fourth-order valence-corrected chi connectivity index (χ4v) is 8.32. The van der Waals surface area contributed by atoms with Crippen molar-refractivity contribution in [3.8, 4) is 0 Å². The van der Waals surface area contributed by atoms with E-state index in [0.29, 0.717) is 5.75 Å². The van der Waals surface area contributed by atoms with Gasteiger partial charge in [-0.3, -0.25) is 4.79 Å². The normalized spacial score (nSPS) is 14.8. The van der Waals surface area contributed by atoms with Crippen LogP contribution in [0.25, 0.3) is 0 Å². The van der Waals surface area contributed by atoms with Gasteiger partial charge in [-0.15, -0.1) is 0 Å². The summed E-state index contributed by atoms with van der Waals surface area (Å²) in [5, 5.41) is 0.171. The van der Waals surface area contributed by atoms with E-state index in [1.54, 1.807) is 0 Å². The van der Waals surface area contributed by atoms with Crippen molar-refractivity contribution >= 4 is 31.7 Å². The highest BCUT2D eigenvalue weighted by Crippen LogP contribution is 2.62. The summed E-state index contributed by atoms with van der Waals surface area (Å²) in [6, 6.07) is 18.1. The second kappa shape index (κ2) is 9.23. The number of benzene rings is 2. The van der Waals surface area contributed by atoms with Crippen molar-refractivity contribution in [3.05, 3.63) is 65.7 Å². The summed E-state index contributed by atoms with van der Waals surface area (Å²) in [4.78, 5) is 17.4. The molecule has 2 rings (SSSR count). The number of hydrogen-bond donors (Lipinski definition) is 0. The van der Waals surface area contributed by atoms with E-state index in [-0.39, 0.29) is 10.5 Å². The molecule has 1 atom stereocenters. The van der Waals surface area contributed by atoms with Crippen LogP contribution >= 0.6 is 22.2 Å². The topological polar surface area (TPSA) is 20.3 Å². The molecule has 152 valence electrons. The van der Waals surface area contributed by atoms with Gasteiger partial charge in [0.15, 0.2) is 0 Å². The highest BCUT2D eigenvalue weighted by atomic mass is 32.3. The minimum absolute atomic E-state index is 0.0696. The Morgan fingerprint density at radius 2 is 1.46 bits per heavy atom. The molecule has 28 heavy (non-hydrogen) atoms. The molecule has 0 aliphatic heterocycles. The molecule has 2 nitrogen and oxygen atoms in total. The van der Waals surface area contributed by atoms with Gasteiger partial charge in [-0.05, 0) is 36.6 Å². The van der Waals surface area contributed by atoms with Crippen LogP contribution in [-0.2, 0) is 5.41 Å². The predicted molar refractivity (Wildman–Crippen MR) is 128 cm³/mol. The monoisotopic (exact) mass is 415 g/mol. The van der Waals surface area contributed by atoms with Crippen molar-refractivity contribution in [1.29, 1.82) is 0 Å². The summed E-state index contributed by atoms with van der Waals surface area (Å²) in [5.74, 6) is 0.711. The molecule has 4 heteroatoms. The van der Waals surface area contributed by atoms with Crippen molar-refractivity contribution in [2.75, 3.05) is 18.8 Å². The predicted octanol–water partition coefficient (Wildman–Crippen LogP) is 6.63. The van der Waals surface area contributed by atoms with E-state index in [1.807, 2.05) is 36.4 Å². The molecule has 0 aliphatic carbocycles. The maximum atomic E-state index is 14.1. The molecule has 0 aliphatic rings. The van der Waals surface area contributed by atoms with Gasteiger partial charge in [0.2, 0.25) is 5.12 Å². The summed E-state index contributed by atoms with van der Waals surface area (Å²) in [6.07, 6.45) is 0. The molecule has 0 amide bonds. The largest absolute Gasteiger partial charge is 0.359 e. The highest BCUT2D eigenvalue weighted by Gasteiger charge is 2.42. The van der Waals surface area contributed by atoms with Crippen LogP contribution in [-0.4, -0.2) is 33.2 Å². The molecule has 1 unspecified atom stereocenters. The molecule has 0 N–H and O–H groups in total. The summed E-state index contributed by atoms with van der Waals surface area (Å²) in [5.41, 5.74) is 1.89. The lowest BCUT2D eigenvalue weighted by molar-refractivity contribution is 0.108. The Labute approximate surface area is 177 Å². The average molecular weight is 416 g/mol. The number of hydrogen-bond acceptors (Lipinski definition) is 2. The lowest BCUT2D eigenvalue weighted by Gasteiger charge is -2.44. The van der Waals surface area contributed by atoms with Crippen LogP contribution in [0.3, 0.4) is 0 Å². The second-order valence-corrected chi connectivity index (χ2v) is 11.8. The van der Waals surface area contributed by atoms with Crippen molar-refractivity contribution in [1.82, 2.24) is 4.90 Å². The molecule has 2 aromatic rings. The van der Waals surface area contributed by atoms with E-state index in [4.69, 9.17) is 12.2 Å². The minimum Gasteiger partial charge on any atom is -0.359 e. The molecule has 0 spiro atoms. The Hall–Kier alpha value is -1.65. The van der Waals surface area contributed by atoms with E-state index in [2.05, 4.69) is 64.6 Å². The Kier molecular flexibility index (Phi) is 7.46. The van der Waals surface area contributed by atoms with Crippen molar-refractivity contribution in [2.24, 2.45) is 0 Å². The number of carbonyl (C=O) groups is 1. The fourth-order valence-electron chi connectivity index (χ4n) is 3.55. The first-order valence-electron chi connectivity index (χ1n) is 10.0. The molecule has 0 bridgehead atoms. The average Bonchev–Trinajstić information content (AvgIpc) is 2.70. The Morgan fingerprint density at radius 3 is 1.96 bits per heavy atom. The SMILES string of the molecule is CCN(CC)C(=S)S(CC)(C(=O)c1ccccc1)c1ccccc1C(C)(C)C. The van der Waals surface area contributed by atoms with Gasteiger partial charge in [0.05, 0.1) is 0 Å². The Balaban J connectivity index is 2.84. The van der Waals surface area contributed by atoms with Gasteiger partial charge < -0.3 is 4.90 Å². The summed E-state index contributed by atoms with van der Waals surface area (Å²) in [6.45, 7) is 14.6. The zero-order chi connectivity index (χ0) is 20.9. The third-order valence-electron chi connectivity index (χ3n) is 5.15. The van der Waals surface area contributed by atoms with Gasteiger partial charge in [0.1, 0.15) is 4.32 Å². The van der Waals surface area contributed by atoms with E-state index in [9.17, 15) is 4.79 Å². The molecule has 0 radical (unpaired) electrons. The summed E-state index contributed by atoms with van der Waals surface area (Å²) in [7, 11) is -2.04. The first-order valence-corrected chi connectivity index (χ1v) is 12.2. The van der Waals surface area contributed by atoms with Gasteiger partial charge >= 0.3 is 0 Å². The smallest absolute Gasteiger partial charge is 0.212 e. The van der Waals surface area contributed by atoms with E-state index >= 15 is 0 Å². The van der Waals surface area contributed by atoms with Crippen LogP contribution in [0, 0.1) is 0 Å². The standard InChI is InChI=1S/C24H33NOS2/c1-7-25(8-2)23(27)28(9-3,22(26)19-15-11-10-12-16-19)21-18-14-13-17-20(21)24(4,5)6/h10-18H,7-9H2,1-6H3. The van der Waals surface area contributed by atoms with Crippen molar-refractivity contribution in [3.63, 3.8) is 0 Å². The zero-order valence-corrected chi connectivity index (χ0v) is 19.6. The molecule has 0 fully saturated rings. The molecule has 0 saturated carbocycles. The van der Waals surface area contributed by atoms with Crippen LogP contribution in [0.2, 0.25) is 0 Å². The quantitative estimate of drug-likeness (QED) is 0.511. The van der Waals surface area contributed by atoms with Gasteiger partial charge in [-0.25, -0.2) is 0 Å². The Morgan fingerprint density at radius 1 is 0.929 bits per heavy atom. The molecular formula is C24H33NOS2. The highest BCUT2D eigenvalue weighted by molar-refractivity contribution is 8.59. The van der Waals surface area contributed by atoms with E-state index in [0.717, 1.165) is 27.9 Å². The fraction of sp³-hybridized carbons (Fsp3) is 0.417. The summed E-state index contributed by atoms with van der Waals surface area (Å²) >= 11 is 6.09. The van der Waals surface area contributed by atoms with Gasteiger partial charge in [0, 0.05) is 23.5 Å². The molecule has 0 heterocycles. The van der Waals surface area contributed by atoms with Gasteiger partial charge in [-0.2, -0.15) is 0 Å². The lowest BCUT2D eigenvalue weighted by atomic mass is 9.87. The number of rotatable bonds is 5. The van der Waals surface area contributed by atoms with Crippen LogP contribution in [0.1, 0.15) is 57.5 Å². The first-order chi connectivity index (χ1) is 13.2. The Bertz CT molecular complexity index is 822. The van der Waals surface area contributed by atoms with Crippen LogP contribution in [0.5, 0.6) is 0 Å². The van der Waals surface area contributed by atoms with Gasteiger partial charge in [-0.1, -0.05) is 98.5 Å². The third kappa shape index (κ3) is 4.18. The maximum absolute atomic E-state index is 14.1. The molecule has 0 aromatic heterocycles. The number of carbonyl (C=O) groups excluding carboxylic acids is 1. The lowest BCUT2D eigenvalue weighted by Crippen LogP contribution is -2.38. The maximum Gasteiger partial charge on any atom is 0.212 e. The van der Waals surface area contributed by atoms with Crippen LogP contribution in [0.4, 0.5) is 0 Å². The number of nitrogens with zero attached hydrogens (tertiary/aromatic N) is 1. The van der Waals surface area contributed by atoms with Crippen LogP contribution in [0.15, 0.2) is 59.5 Å². The number of thiocarbonyl (C=S) groups is 1. The third-order valence-corrected chi connectivity index (χ3v) is 9.96. The molecule has 0 saturated heterocycles. The minimum atomic E-state index is -2.04. The molecule has 2 aromatic carbocycles. The first kappa shape index (κ1) is 22.6. The summed E-state index contributed by atoms with van der Waals surface area (Å²) < 4.78 is 0.811. The van der Waals surface area contributed by atoms with Crippen LogP contribution < -0.4 is 0 Å².